The molecule has 0 saturated heterocycles. The highest BCUT2D eigenvalue weighted by Gasteiger charge is 2.05. The van der Waals surface area contributed by atoms with E-state index in [0.717, 1.165) is 0 Å². The predicted molar refractivity (Wildman–Crippen MR) is 33.8 cm³/mol. The Morgan fingerprint density at radius 2 is 2.40 bits per heavy atom. The second-order valence-electron chi connectivity index (χ2n) is 1.80. The first kappa shape index (κ1) is 6.73. The van der Waals surface area contributed by atoms with E-state index in [-0.39, 0.29) is 11.6 Å². The molecule has 0 fully saturated rings. The number of aromatic amines is 2. The normalized spacial score (nSPS) is 9.70. The summed E-state index contributed by atoms with van der Waals surface area (Å²) < 4.78 is 0. The lowest BCUT2D eigenvalue weighted by atomic mass is 10.3. The Kier molecular flexibility index (Phi) is 1.66. The van der Waals surface area contributed by atoms with Crippen molar-refractivity contribution in [3.05, 3.63) is 16.3 Å². The SMILES string of the molecule is CCC(=O)c1n[nH]c(=O)[nH]1. The quantitative estimate of drug-likeness (QED) is 0.554. The van der Waals surface area contributed by atoms with Crippen LogP contribution in [-0.4, -0.2) is 21.0 Å². The van der Waals surface area contributed by atoms with Gasteiger partial charge in [-0.25, -0.2) is 9.89 Å². The van der Waals surface area contributed by atoms with Gasteiger partial charge in [0.15, 0.2) is 11.6 Å². The van der Waals surface area contributed by atoms with E-state index in [0.29, 0.717) is 6.42 Å². The molecule has 5 heteroatoms. The van der Waals surface area contributed by atoms with E-state index in [1.54, 1.807) is 6.92 Å². The first-order valence-electron chi connectivity index (χ1n) is 2.92. The van der Waals surface area contributed by atoms with Gasteiger partial charge in [0.25, 0.3) is 0 Å². The van der Waals surface area contributed by atoms with Crippen LogP contribution in [0, 0.1) is 0 Å². The average molecular weight is 141 g/mol. The van der Waals surface area contributed by atoms with E-state index in [2.05, 4.69) is 15.2 Å². The van der Waals surface area contributed by atoms with Crippen molar-refractivity contribution in [2.24, 2.45) is 0 Å². The molecule has 0 bridgehead atoms. The first-order chi connectivity index (χ1) is 4.74. The summed E-state index contributed by atoms with van der Waals surface area (Å²) in [5, 5.41) is 5.55. The number of ketones is 1. The highest BCUT2D eigenvalue weighted by Crippen LogP contribution is 1.89. The molecule has 0 aromatic carbocycles. The zero-order chi connectivity index (χ0) is 7.56. The first-order valence-corrected chi connectivity index (χ1v) is 2.92. The van der Waals surface area contributed by atoms with Crippen LogP contribution >= 0.6 is 0 Å². The minimum absolute atomic E-state index is 0.104. The molecule has 54 valence electrons. The molecule has 5 nitrogen and oxygen atoms in total. The molecule has 0 atom stereocenters. The van der Waals surface area contributed by atoms with E-state index >= 15 is 0 Å². The largest absolute Gasteiger partial charge is 0.341 e. The third kappa shape index (κ3) is 1.12. The van der Waals surface area contributed by atoms with Crippen LogP contribution in [0.25, 0.3) is 0 Å². The average Bonchev–Trinajstić information content (AvgIpc) is 2.34. The summed E-state index contributed by atoms with van der Waals surface area (Å²) in [6.07, 6.45) is 0.348. The molecule has 1 aromatic heterocycles. The van der Waals surface area contributed by atoms with E-state index in [1.165, 1.54) is 0 Å². The zero-order valence-electron chi connectivity index (χ0n) is 5.47. The molecule has 10 heavy (non-hydrogen) atoms. The second kappa shape index (κ2) is 2.47. The predicted octanol–water partition coefficient (Wildman–Crippen LogP) is -0.309. The van der Waals surface area contributed by atoms with Gasteiger partial charge in [-0.1, -0.05) is 6.92 Å². The summed E-state index contributed by atoms with van der Waals surface area (Å²) in [5.74, 6) is -0.0640. The molecule has 0 aliphatic carbocycles. The molecule has 0 saturated carbocycles. The Morgan fingerprint density at radius 3 is 2.80 bits per heavy atom. The summed E-state index contributed by atoms with van der Waals surface area (Å²) >= 11 is 0. The third-order valence-corrected chi connectivity index (χ3v) is 1.09. The highest BCUT2D eigenvalue weighted by molar-refractivity contribution is 5.91. The van der Waals surface area contributed by atoms with Gasteiger partial charge < -0.3 is 0 Å². The van der Waals surface area contributed by atoms with E-state index < -0.39 is 5.69 Å². The van der Waals surface area contributed by atoms with Crippen molar-refractivity contribution in [2.45, 2.75) is 13.3 Å². The topological polar surface area (TPSA) is 78.6 Å². The van der Waals surface area contributed by atoms with Crippen LogP contribution in [0.3, 0.4) is 0 Å². The van der Waals surface area contributed by atoms with Crippen LogP contribution in [0.5, 0.6) is 0 Å². The van der Waals surface area contributed by atoms with Gasteiger partial charge >= 0.3 is 5.69 Å². The molecule has 2 N–H and O–H groups in total. The number of nitrogens with zero attached hydrogens (tertiary/aromatic N) is 1. The van der Waals surface area contributed by atoms with Gasteiger partial charge in [-0.3, -0.25) is 9.78 Å². The molecule has 0 aliphatic heterocycles. The van der Waals surface area contributed by atoms with Crippen LogP contribution in [0.4, 0.5) is 0 Å². The monoisotopic (exact) mass is 141 g/mol. The van der Waals surface area contributed by atoms with Crippen molar-refractivity contribution in [2.75, 3.05) is 0 Å². The summed E-state index contributed by atoms with van der Waals surface area (Å²) in [6.45, 7) is 1.70. The van der Waals surface area contributed by atoms with Crippen LogP contribution in [0.2, 0.25) is 0 Å². The van der Waals surface area contributed by atoms with Crippen molar-refractivity contribution in [3.8, 4) is 0 Å². The van der Waals surface area contributed by atoms with Gasteiger partial charge in [-0.15, -0.1) is 5.10 Å². The summed E-state index contributed by atoms with van der Waals surface area (Å²) in [4.78, 5) is 23.4. The Labute approximate surface area is 56.5 Å². The number of aromatic nitrogens is 3. The smallest absolute Gasteiger partial charge is 0.291 e. The number of carbonyl (C=O) groups excluding carboxylic acids is 1. The molecule has 0 radical (unpaired) electrons. The molecular formula is C5H7N3O2. The lowest BCUT2D eigenvalue weighted by molar-refractivity contribution is 0.0978. The van der Waals surface area contributed by atoms with Gasteiger partial charge in [0.1, 0.15) is 0 Å². The second-order valence-corrected chi connectivity index (χ2v) is 1.80. The molecule has 1 heterocycles. The molecule has 0 amide bonds. The minimum Gasteiger partial charge on any atom is -0.291 e. The fourth-order valence-corrected chi connectivity index (χ4v) is 0.570. The minimum atomic E-state index is -0.447. The molecule has 0 spiro atoms. The van der Waals surface area contributed by atoms with Gasteiger partial charge in [0.05, 0.1) is 0 Å². The number of nitrogens with one attached hydrogen (secondary N) is 2. The highest BCUT2D eigenvalue weighted by atomic mass is 16.2. The van der Waals surface area contributed by atoms with Crippen molar-refractivity contribution < 1.29 is 4.79 Å². The van der Waals surface area contributed by atoms with Gasteiger partial charge in [-0.05, 0) is 0 Å². The fraction of sp³-hybridized carbons (Fsp3) is 0.400. The van der Waals surface area contributed by atoms with Crippen molar-refractivity contribution >= 4 is 5.78 Å². The lowest BCUT2D eigenvalue weighted by Crippen LogP contribution is -2.04. The number of hydrogen-bond acceptors (Lipinski definition) is 3. The Hall–Kier alpha value is -1.39. The van der Waals surface area contributed by atoms with E-state index in [4.69, 9.17) is 0 Å². The van der Waals surface area contributed by atoms with Gasteiger partial charge in [-0.2, -0.15) is 0 Å². The van der Waals surface area contributed by atoms with Gasteiger partial charge in [0.2, 0.25) is 0 Å². The summed E-state index contributed by atoms with van der Waals surface area (Å²) in [6, 6.07) is 0. The number of carbonyl (C=O) groups is 1. The molecule has 0 aliphatic rings. The third-order valence-electron chi connectivity index (χ3n) is 1.09. The van der Waals surface area contributed by atoms with Crippen LogP contribution in [0.1, 0.15) is 24.0 Å². The summed E-state index contributed by atoms with van der Waals surface area (Å²) in [5.41, 5.74) is -0.447. The maximum Gasteiger partial charge on any atom is 0.341 e. The van der Waals surface area contributed by atoms with Gasteiger partial charge in [0, 0.05) is 6.42 Å². The molecule has 1 rings (SSSR count). The number of rotatable bonds is 2. The summed E-state index contributed by atoms with van der Waals surface area (Å²) in [7, 11) is 0. The Balaban J connectivity index is 2.95. The number of Topliss-reactive ketones (excluding diaryl/α,β-unsaturated/α-hetero) is 1. The maximum absolute atomic E-state index is 10.8. The van der Waals surface area contributed by atoms with Crippen molar-refractivity contribution in [3.63, 3.8) is 0 Å². The fourth-order valence-electron chi connectivity index (χ4n) is 0.570. The standard InChI is InChI=1S/C5H7N3O2/c1-2-3(9)4-6-5(10)8-7-4/h2H2,1H3,(H2,6,7,8,10). The lowest BCUT2D eigenvalue weighted by Gasteiger charge is -1.84. The van der Waals surface area contributed by atoms with Crippen molar-refractivity contribution in [1.29, 1.82) is 0 Å². The zero-order valence-corrected chi connectivity index (χ0v) is 5.47. The van der Waals surface area contributed by atoms with Crippen LogP contribution in [0.15, 0.2) is 4.79 Å². The molecular weight excluding hydrogens is 134 g/mol. The van der Waals surface area contributed by atoms with Crippen molar-refractivity contribution in [1.82, 2.24) is 15.2 Å². The molecule has 1 aromatic rings. The van der Waals surface area contributed by atoms with E-state index in [9.17, 15) is 9.59 Å². The molecule has 0 unspecified atom stereocenters. The Bertz CT molecular complexity index is 285. The number of H-pyrrole nitrogens is 2. The van der Waals surface area contributed by atoms with E-state index in [1.807, 2.05) is 0 Å². The maximum atomic E-state index is 10.8. The number of hydrogen-bond donors (Lipinski definition) is 2. The Morgan fingerprint density at radius 1 is 1.70 bits per heavy atom. The van der Waals surface area contributed by atoms with Crippen LogP contribution in [-0.2, 0) is 0 Å². The van der Waals surface area contributed by atoms with Crippen LogP contribution < -0.4 is 5.69 Å².